The molecule has 0 aliphatic rings. The highest BCUT2D eigenvalue weighted by Gasteiger charge is 2.14. The van der Waals surface area contributed by atoms with E-state index in [1.54, 1.807) is 4.90 Å². The van der Waals surface area contributed by atoms with E-state index in [0.29, 0.717) is 6.54 Å². The molecule has 2 aromatic rings. The molecule has 0 saturated heterocycles. The Balaban J connectivity index is 2.18. The Bertz CT molecular complexity index is 655. The van der Waals surface area contributed by atoms with E-state index in [-0.39, 0.29) is 6.03 Å². The Kier molecular flexibility index (Phi) is 5.02. The van der Waals surface area contributed by atoms with E-state index >= 15 is 0 Å². The molecule has 3 nitrogen and oxygen atoms in total. The second kappa shape index (κ2) is 6.76. The summed E-state index contributed by atoms with van der Waals surface area (Å²) in [4.78, 5) is 14.2. The monoisotopic (exact) mass is 346 g/mol. The number of rotatable bonds is 3. The lowest BCUT2D eigenvalue weighted by Crippen LogP contribution is -2.34. The lowest BCUT2D eigenvalue weighted by Gasteiger charge is -2.22. The molecule has 0 radical (unpaired) electrons. The SMILES string of the molecule is CCN(C(=O)Nc1ccc(Br)c(C)c1)c1cccc(C)c1. The molecule has 0 fully saturated rings. The van der Waals surface area contributed by atoms with Crippen molar-refractivity contribution in [3.8, 4) is 0 Å². The van der Waals surface area contributed by atoms with Gasteiger partial charge in [0.05, 0.1) is 0 Å². The minimum absolute atomic E-state index is 0.121. The molecule has 2 aromatic carbocycles. The van der Waals surface area contributed by atoms with Crippen LogP contribution in [0.25, 0.3) is 0 Å². The summed E-state index contributed by atoms with van der Waals surface area (Å²) in [6, 6.07) is 13.6. The van der Waals surface area contributed by atoms with Gasteiger partial charge in [0.25, 0.3) is 0 Å². The number of benzene rings is 2. The number of hydrogen-bond acceptors (Lipinski definition) is 1. The Labute approximate surface area is 134 Å². The average molecular weight is 347 g/mol. The quantitative estimate of drug-likeness (QED) is 0.821. The molecule has 4 heteroatoms. The van der Waals surface area contributed by atoms with E-state index in [1.807, 2.05) is 63.2 Å². The van der Waals surface area contributed by atoms with Gasteiger partial charge in [-0.3, -0.25) is 4.90 Å². The first-order valence-electron chi connectivity index (χ1n) is 6.92. The highest BCUT2D eigenvalue weighted by molar-refractivity contribution is 9.10. The van der Waals surface area contributed by atoms with Crippen LogP contribution in [-0.4, -0.2) is 12.6 Å². The second-order valence-corrected chi connectivity index (χ2v) is 5.83. The normalized spacial score (nSPS) is 10.3. The van der Waals surface area contributed by atoms with Crippen LogP contribution in [0.1, 0.15) is 18.1 Å². The smallest absolute Gasteiger partial charge is 0.308 e. The number of hydrogen-bond donors (Lipinski definition) is 1. The zero-order chi connectivity index (χ0) is 15.4. The third-order valence-electron chi connectivity index (χ3n) is 3.28. The fourth-order valence-corrected chi connectivity index (χ4v) is 2.40. The Morgan fingerprint density at radius 3 is 2.57 bits per heavy atom. The number of aryl methyl sites for hydroxylation is 2. The van der Waals surface area contributed by atoms with Gasteiger partial charge in [0, 0.05) is 22.4 Å². The molecule has 0 aromatic heterocycles. The van der Waals surface area contributed by atoms with Crippen molar-refractivity contribution in [1.82, 2.24) is 0 Å². The molecule has 0 unspecified atom stereocenters. The molecular formula is C17H19BrN2O. The van der Waals surface area contributed by atoms with Crippen molar-refractivity contribution in [2.75, 3.05) is 16.8 Å². The molecule has 0 heterocycles. The van der Waals surface area contributed by atoms with Gasteiger partial charge in [-0.1, -0.05) is 28.1 Å². The highest BCUT2D eigenvalue weighted by Crippen LogP contribution is 2.21. The summed E-state index contributed by atoms with van der Waals surface area (Å²) in [5.41, 5.74) is 3.93. The predicted molar refractivity (Wildman–Crippen MR) is 92.1 cm³/mol. The molecule has 2 amide bonds. The van der Waals surface area contributed by atoms with Crippen LogP contribution in [0.2, 0.25) is 0 Å². The van der Waals surface area contributed by atoms with Crippen LogP contribution in [0.5, 0.6) is 0 Å². The zero-order valence-electron chi connectivity index (χ0n) is 12.5. The number of halogens is 1. The summed E-state index contributed by atoms with van der Waals surface area (Å²) in [5, 5.41) is 2.95. The number of urea groups is 1. The van der Waals surface area contributed by atoms with Crippen LogP contribution in [0.3, 0.4) is 0 Å². The van der Waals surface area contributed by atoms with Crippen molar-refractivity contribution in [3.63, 3.8) is 0 Å². The lowest BCUT2D eigenvalue weighted by molar-refractivity contribution is 0.257. The van der Waals surface area contributed by atoms with E-state index < -0.39 is 0 Å². The third-order valence-corrected chi connectivity index (χ3v) is 4.17. The minimum Gasteiger partial charge on any atom is -0.308 e. The van der Waals surface area contributed by atoms with Gasteiger partial charge in [-0.25, -0.2) is 4.79 Å². The maximum Gasteiger partial charge on any atom is 0.326 e. The van der Waals surface area contributed by atoms with Gasteiger partial charge in [-0.15, -0.1) is 0 Å². The molecule has 0 saturated carbocycles. The molecule has 0 bridgehead atoms. The van der Waals surface area contributed by atoms with Gasteiger partial charge >= 0.3 is 6.03 Å². The van der Waals surface area contributed by atoms with Crippen molar-refractivity contribution in [2.24, 2.45) is 0 Å². The van der Waals surface area contributed by atoms with E-state index in [1.165, 1.54) is 0 Å². The van der Waals surface area contributed by atoms with Gasteiger partial charge in [-0.05, 0) is 62.2 Å². The Hall–Kier alpha value is -1.81. The van der Waals surface area contributed by atoms with Crippen LogP contribution in [0.15, 0.2) is 46.9 Å². The molecule has 2 rings (SSSR count). The van der Waals surface area contributed by atoms with Gasteiger partial charge < -0.3 is 5.32 Å². The molecule has 0 atom stereocenters. The summed E-state index contributed by atoms with van der Waals surface area (Å²) >= 11 is 3.46. The molecule has 21 heavy (non-hydrogen) atoms. The topological polar surface area (TPSA) is 32.3 Å². The zero-order valence-corrected chi connectivity index (χ0v) is 14.1. The summed E-state index contributed by atoms with van der Waals surface area (Å²) in [6.45, 7) is 6.60. The second-order valence-electron chi connectivity index (χ2n) is 4.98. The van der Waals surface area contributed by atoms with Crippen LogP contribution >= 0.6 is 15.9 Å². The lowest BCUT2D eigenvalue weighted by atomic mass is 10.2. The average Bonchev–Trinajstić information content (AvgIpc) is 2.44. The van der Waals surface area contributed by atoms with Crippen LogP contribution in [0.4, 0.5) is 16.2 Å². The first-order chi connectivity index (χ1) is 10.0. The standard InChI is InChI=1S/C17H19BrN2O/c1-4-20(15-7-5-6-12(2)10-15)17(21)19-14-8-9-16(18)13(3)11-14/h5-11H,4H2,1-3H3,(H,19,21). The van der Waals surface area contributed by atoms with Crippen LogP contribution < -0.4 is 10.2 Å². The highest BCUT2D eigenvalue weighted by atomic mass is 79.9. The molecule has 0 aliphatic heterocycles. The number of nitrogens with one attached hydrogen (secondary N) is 1. The first kappa shape index (κ1) is 15.6. The largest absolute Gasteiger partial charge is 0.326 e. The molecule has 1 N–H and O–H groups in total. The number of anilines is 2. The number of carbonyl (C=O) groups excluding carboxylic acids is 1. The van der Waals surface area contributed by atoms with Crippen molar-refractivity contribution < 1.29 is 4.79 Å². The fourth-order valence-electron chi connectivity index (χ4n) is 2.15. The number of carbonyl (C=O) groups is 1. The summed E-state index contributed by atoms with van der Waals surface area (Å²) < 4.78 is 1.03. The Morgan fingerprint density at radius 1 is 1.19 bits per heavy atom. The predicted octanol–water partition coefficient (Wildman–Crippen LogP) is 5.12. The molecule has 0 aliphatic carbocycles. The minimum atomic E-state index is -0.121. The summed E-state index contributed by atoms with van der Waals surface area (Å²) in [6.07, 6.45) is 0. The van der Waals surface area contributed by atoms with Crippen LogP contribution in [0, 0.1) is 13.8 Å². The fraction of sp³-hybridized carbons (Fsp3) is 0.235. The van der Waals surface area contributed by atoms with E-state index in [4.69, 9.17) is 0 Å². The summed E-state index contributed by atoms with van der Waals surface area (Å²) in [7, 11) is 0. The molecule has 110 valence electrons. The van der Waals surface area contributed by atoms with Crippen molar-refractivity contribution in [1.29, 1.82) is 0 Å². The maximum absolute atomic E-state index is 12.5. The van der Waals surface area contributed by atoms with Gasteiger partial charge in [0.15, 0.2) is 0 Å². The maximum atomic E-state index is 12.5. The first-order valence-corrected chi connectivity index (χ1v) is 7.72. The molecule has 0 spiro atoms. The summed E-state index contributed by atoms with van der Waals surface area (Å²) in [5.74, 6) is 0. The van der Waals surface area contributed by atoms with E-state index in [9.17, 15) is 4.79 Å². The van der Waals surface area contributed by atoms with E-state index in [2.05, 4.69) is 21.2 Å². The number of nitrogens with zero attached hydrogens (tertiary/aromatic N) is 1. The van der Waals surface area contributed by atoms with Crippen molar-refractivity contribution in [2.45, 2.75) is 20.8 Å². The van der Waals surface area contributed by atoms with Crippen LogP contribution in [-0.2, 0) is 0 Å². The van der Waals surface area contributed by atoms with E-state index in [0.717, 1.165) is 27.0 Å². The van der Waals surface area contributed by atoms with Gasteiger partial charge in [-0.2, -0.15) is 0 Å². The van der Waals surface area contributed by atoms with Gasteiger partial charge in [0.1, 0.15) is 0 Å². The van der Waals surface area contributed by atoms with Gasteiger partial charge in [0.2, 0.25) is 0 Å². The Morgan fingerprint density at radius 2 is 1.95 bits per heavy atom. The van der Waals surface area contributed by atoms with Crippen molar-refractivity contribution in [3.05, 3.63) is 58.1 Å². The molecular weight excluding hydrogens is 328 g/mol. The number of amides is 2. The third kappa shape index (κ3) is 3.85. The van der Waals surface area contributed by atoms with Crippen molar-refractivity contribution >= 4 is 33.3 Å².